The number of ketones is 1. The number of carboxylic acid groups (broad SMARTS) is 1. The van der Waals surface area contributed by atoms with Gasteiger partial charge in [-0.1, -0.05) is 24.3 Å². The lowest BCUT2D eigenvalue weighted by atomic mass is 10.0. The molecule has 0 aliphatic heterocycles. The van der Waals surface area contributed by atoms with Crippen LogP contribution in [0.2, 0.25) is 0 Å². The predicted molar refractivity (Wildman–Crippen MR) is 151 cm³/mol. The number of ether oxygens (including phenoxy) is 1. The molecule has 1 aromatic heterocycles. The highest BCUT2D eigenvalue weighted by Gasteiger charge is 2.30. The summed E-state index contributed by atoms with van der Waals surface area (Å²) in [5.74, 6) is -0.393. The number of aliphatic imine (C=N–C) groups is 1. The lowest BCUT2D eigenvalue weighted by Gasteiger charge is -2.11. The van der Waals surface area contributed by atoms with Crippen LogP contribution in [0.4, 0.5) is 17.6 Å². The molecule has 11 heteroatoms. The van der Waals surface area contributed by atoms with Gasteiger partial charge in [0.05, 0.1) is 17.9 Å². The molecule has 0 aliphatic carbocycles. The molecule has 0 aliphatic rings. The van der Waals surface area contributed by atoms with Crippen LogP contribution in [0.5, 0.6) is 5.75 Å². The molecule has 43 heavy (non-hydrogen) atoms. The van der Waals surface area contributed by atoms with Crippen molar-refractivity contribution in [3.05, 3.63) is 107 Å². The molecule has 4 rings (SSSR count). The van der Waals surface area contributed by atoms with Gasteiger partial charge in [-0.3, -0.25) is 9.79 Å². The van der Waals surface area contributed by atoms with Crippen molar-refractivity contribution in [1.29, 1.82) is 0 Å². The largest absolute Gasteiger partial charge is 0.493 e. The molecule has 1 N–H and O–H groups in total. The van der Waals surface area contributed by atoms with Gasteiger partial charge in [0.1, 0.15) is 17.3 Å². The quantitative estimate of drug-likeness (QED) is 0.106. The van der Waals surface area contributed by atoms with Crippen LogP contribution in [-0.2, 0) is 23.8 Å². The van der Waals surface area contributed by atoms with Gasteiger partial charge in [-0.25, -0.2) is 14.2 Å². The molecule has 1 unspecified atom stereocenters. The minimum absolute atomic E-state index is 0.0612. The van der Waals surface area contributed by atoms with Crippen LogP contribution in [0.25, 0.3) is 11.5 Å². The van der Waals surface area contributed by atoms with Gasteiger partial charge in [-0.2, -0.15) is 13.2 Å². The van der Waals surface area contributed by atoms with Gasteiger partial charge in [0.15, 0.2) is 11.8 Å². The van der Waals surface area contributed by atoms with E-state index in [4.69, 9.17) is 9.15 Å². The van der Waals surface area contributed by atoms with Crippen LogP contribution in [0.15, 0.2) is 82.2 Å². The van der Waals surface area contributed by atoms with Crippen LogP contribution in [0.1, 0.15) is 46.3 Å². The Kier molecular flexibility index (Phi) is 9.74. The molecule has 0 saturated carbocycles. The van der Waals surface area contributed by atoms with Crippen molar-refractivity contribution < 1.29 is 41.4 Å². The van der Waals surface area contributed by atoms with E-state index in [1.165, 1.54) is 19.1 Å². The van der Waals surface area contributed by atoms with Crippen molar-refractivity contribution >= 4 is 17.5 Å². The van der Waals surface area contributed by atoms with E-state index < -0.39 is 29.5 Å². The highest BCUT2D eigenvalue weighted by atomic mass is 19.4. The normalized spacial score (nSPS) is 12.7. The van der Waals surface area contributed by atoms with Crippen molar-refractivity contribution in [3.63, 3.8) is 0 Å². The summed E-state index contributed by atoms with van der Waals surface area (Å²) in [6.45, 7) is 3.61. The maximum atomic E-state index is 13.2. The van der Waals surface area contributed by atoms with E-state index in [2.05, 4.69) is 9.98 Å². The van der Waals surface area contributed by atoms with E-state index >= 15 is 0 Å². The average molecular weight is 597 g/mol. The molecule has 0 saturated heterocycles. The molecule has 3 aromatic carbocycles. The first-order valence-electron chi connectivity index (χ1n) is 13.3. The number of hydrogen-bond acceptors (Lipinski definition) is 6. The van der Waals surface area contributed by atoms with E-state index in [1.807, 2.05) is 0 Å². The zero-order valence-corrected chi connectivity index (χ0v) is 23.3. The number of Topliss-reactive ketones (excluding diaryl/α,β-unsaturated/α-hetero) is 1. The van der Waals surface area contributed by atoms with Crippen molar-refractivity contribution in [2.45, 2.75) is 45.3 Å². The highest BCUT2D eigenvalue weighted by molar-refractivity contribution is 6.09. The Labute approximate surface area is 244 Å². The Morgan fingerprint density at radius 2 is 1.65 bits per heavy atom. The molecule has 1 heterocycles. The molecule has 0 radical (unpaired) electrons. The third-order valence-electron chi connectivity index (χ3n) is 6.56. The zero-order valence-electron chi connectivity index (χ0n) is 23.3. The molecule has 0 spiro atoms. The van der Waals surface area contributed by atoms with Crippen molar-refractivity contribution in [2.24, 2.45) is 4.99 Å². The van der Waals surface area contributed by atoms with E-state index in [0.717, 1.165) is 24.3 Å². The Morgan fingerprint density at radius 3 is 2.26 bits per heavy atom. The van der Waals surface area contributed by atoms with E-state index in [9.17, 15) is 32.3 Å². The van der Waals surface area contributed by atoms with Crippen molar-refractivity contribution in [2.75, 3.05) is 6.61 Å². The maximum absolute atomic E-state index is 13.2. The minimum Gasteiger partial charge on any atom is -0.493 e. The fraction of sp³-hybridized carbons (Fsp3) is 0.250. The number of benzene rings is 3. The number of oxazole rings is 1. The topological polar surface area (TPSA) is 102 Å². The number of aryl methyl sites for hydroxylation is 1. The van der Waals surface area contributed by atoms with Crippen LogP contribution in [-0.4, -0.2) is 40.2 Å². The summed E-state index contributed by atoms with van der Waals surface area (Å²) in [7, 11) is 0. The maximum Gasteiger partial charge on any atom is 0.416 e. The second-order valence-corrected chi connectivity index (χ2v) is 9.87. The number of aromatic nitrogens is 1. The standard InChI is InChI=1S/C32H28F4N2O5/c1-19(17-29(39)22-5-9-24(10-6-22)32(34,35)36)37-28(31(40)41)18-21-3-13-26(14-4-21)42-16-15-27-20(2)43-30(38-27)23-7-11-25(33)12-8-23/h3-14,28H,15-18H2,1-2H3,(H,40,41). The first-order valence-corrected chi connectivity index (χ1v) is 13.3. The summed E-state index contributed by atoms with van der Waals surface area (Å²) >= 11 is 0. The molecule has 1 atom stereocenters. The van der Waals surface area contributed by atoms with Crippen LogP contribution in [0, 0.1) is 12.7 Å². The molecule has 224 valence electrons. The van der Waals surface area contributed by atoms with Gasteiger partial charge in [-0.05, 0) is 67.9 Å². The fourth-order valence-electron chi connectivity index (χ4n) is 4.27. The molecule has 0 fully saturated rings. The second kappa shape index (κ2) is 13.5. The molecular formula is C32H28F4N2O5. The number of aliphatic carboxylic acids is 1. The predicted octanol–water partition coefficient (Wildman–Crippen LogP) is 7.16. The average Bonchev–Trinajstić information content (AvgIpc) is 3.33. The minimum atomic E-state index is -4.51. The smallest absolute Gasteiger partial charge is 0.416 e. The monoisotopic (exact) mass is 596 g/mol. The number of carbonyl (C=O) groups excluding carboxylic acids is 1. The molecule has 0 amide bonds. The second-order valence-electron chi connectivity index (χ2n) is 9.87. The SMILES string of the molecule is CC(CC(=O)c1ccc(C(F)(F)F)cc1)=NC(Cc1ccc(OCCc2nc(-c3ccc(F)cc3)oc2C)cc1)C(=O)O. The van der Waals surface area contributed by atoms with Gasteiger partial charge in [0.25, 0.3) is 0 Å². The summed E-state index contributed by atoms with van der Waals surface area (Å²) in [5.41, 5.74) is 1.53. The van der Waals surface area contributed by atoms with E-state index in [-0.39, 0.29) is 29.9 Å². The Bertz CT molecular complexity index is 1590. The Morgan fingerprint density at radius 1 is 1.00 bits per heavy atom. The van der Waals surface area contributed by atoms with E-state index in [1.54, 1.807) is 43.3 Å². The fourth-order valence-corrected chi connectivity index (χ4v) is 4.27. The number of hydrogen-bond donors (Lipinski definition) is 1. The van der Waals surface area contributed by atoms with Crippen LogP contribution < -0.4 is 4.74 Å². The lowest BCUT2D eigenvalue weighted by Crippen LogP contribution is -2.22. The summed E-state index contributed by atoms with van der Waals surface area (Å²) in [6.07, 6.45) is -4.20. The first kappa shape index (κ1) is 31.1. The van der Waals surface area contributed by atoms with Crippen molar-refractivity contribution in [3.8, 4) is 17.2 Å². The number of carbonyl (C=O) groups is 2. The third-order valence-corrected chi connectivity index (χ3v) is 6.56. The number of nitrogens with zero attached hydrogens (tertiary/aromatic N) is 2. The van der Waals surface area contributed by atoms with Gasteiger partial charge < -0.3 is 14.3 Å². The Balaban J connectivity index is 1.30. The molecule has 0 bridgehead atoms. The number of carboxylic acids is 1. The number of alkyl halides is 3. The molecular weight excluding hydrogens is 568 g/mol. The van der Waals surface area contributed by atoms with Crippen molar-refractivity contribution in [1.82, 2.24) is 4.98 Å². The zero-order chi connectivity index (χ0) is 31.1. The van der Waals surface area contributed by atoms with Gasteiger partial charge in [0, 0.05) is 36.1 Å². The Hall–Kier alpha value is -4.80. The summed E-state index contributed by atoms with van der Waals surface area (Å²) in [6, 6.07) is 15.4. The van der Waals surface area contributed by atoms with Crippen LogP contribution in [0.3, 0.4) is 0 Å². The van der Waals surface area contributed by atoms with E-state index in [0.29, 0.717) is 47.2 Å². The third kappa shape index (κ3) is 8.60. The summed E-state index contributed by atoms with van der Waals surface area (Å²) in [5, 5.41) is 9.68. The van der Waals surface area contributed by atoms with Crippen LogP contribution >= 0.6 is 0 Å². The number of rotatable bonds is 12. The summed E-state index contributed by atoms with van der Waals surface area (Å²) < 4.78 is 63.0. The molecule has 4 aromatic rings. The first-order chi connectivity index (χ1) is 20.4. The summed E-state index contributed by atoms with van der Waals surface area (Å²) in [4.78, 5) is 33.0. The van der Waals surface area contributed by atoms with Gasteiger partial charge >= 0.3 is 12.1 Å². The molecule has 7 nitrogen and oxygen atoms in total. The lowest BCUT2D eigenvalue weighted by molar-refractivity contribution is -0.139. The highest BCUT2D eigenvalue weighted by Crippen LogP contribution is 2.29. The van der Waals surface area contributed by atoms with Gasteiger partial charge in [0.2, 0.25) is 5.89 Å². The number of halogens is 4. The van der Waals surface area contributed by atoms with Gasteiger partial charge in [-0.15, -0.1) is 0 Å².